The van der Waals surface area contributed by atoms with E-state index in [1.807, 2.05) is 47.2 Å². The first-order chi connectivity index (χ1) is 11.1. The molecule has 1 atom stereocenters. The molecule has 0 bridgehead atoms. The second-order valence-electron chi connectivity index (χ2n) is 6.66. The summed E-state index contributed by atoms with van der Waals surface area (Å²) < 4.78 is 0. The van der Waals surface area contributed by atoms with Gasteiger partial charge in [0.05, 0.1) is 0 Å². The summed E-state index contributed by atoms with van der Waals surface area (Å²) in [6.07, 6.45) is 4.42. The molecule has 1 spiro atoms. The molecule has 1 N–H and O–H groups in total. The lowest BCUT2D eigenvalue weighted by Crippen LogP contribution is -2.45. The van der Waals surface area contributed by atoms with Crippen LogP contribution in [0.3, 0.4) is 0 Å². The zero-order valence-electron chi connectivity index (χ0n) is 13.8. The lowest BCUT2D eigenvalue weighted by Gasteiger charge is -2.35. The van der Waals surface area contributed by atoms with Crippen LogP contribution in [0.5, 0.6) is 0 Å². The highest BCUT2D eigenvalue weighted by Crippen LogP contribution is 2.37. The Hall–Kier alpha value is -2.04. The third-order valence-electron chi connectivity index (χ3n) is 5.38. The monoisotopic (exact) mass is 315 g/mol. The van der Waals surface area contributed by atoms with Gasteiger partial charge in [0.1, 0.15) is 0 Å². The number of carbonyl (C=O) groups is 2. The van der Waals surface area contributed by atoms with Crippen molar-refractivity contribution in [2.45, 2.75) is 44.2 Å². The average molecular weight is 315 g/mol. The van der Waals surface area contributed by atoms with Crippen LogP contribution < -0.4 is 5.32 Å². The van der Waals surface area contributed by atoms with E-state index >= 15 is 0 Å². The molecule has 3 amide bonds. The van der Waals surface area contributed by atoms with Crippen molar-refractivity contribution in [2.75, 3.05) is 20.1 Å². The molecule has 124 valence electrons. The Labute approximate surface area is 137 Å². The van der Waals surface area contributed by atoms with Crippen molar-refractivity contribution in [3.63, 3.8) is 0 Å². The van der Waals surface area contributed by atoms with Crippen LogP contribution in [0.15, 0.2) is 30.3 Å². The molecule has 0 radical (unpaired) electrons. The van der Waals surface area contributed by atoms with Gasteiger partial charge in [-0.05, 0) is 31.2 Å². The smallest absolute Gasteiger partial charge is 0.317 e. The Morgan fingerprint density at radius 2 is 1.96 bits per heavy atom. The molecule has 0 unspecified atom stereocenters. The Balaban J connectivity index is 1.55. The molecule has 0 aromatic heterocycles. The number of amides is 3. The molecular weight excluding hydrogens is 290 g/mol. The molecule has 2 heterocycles. The minimum absolute atomic E-state index is 0.00196. The van der Waals surface area contributed by atoms with Crippen LogP contribution in [-0.4, -0.2) is 47.4 Å². The van der Waals surface area contributed by atoms with Gasteiger partial charge in [0, 0.05) is 38.6 Å². The van der Waals surface area contributed by atoms with Gasteiger partial charge < -0.3 is 15.1 Å². The van der Waals surface area contributed by atoms with E-state index in [2.05, 4.69) is 5.32 Å². The summed E-state index contributed by atoms with van der Waals surface area (Å²) in [5.41, 5.74) is 1.08. The summed E-state index contributed by atoms with van der Waals surface area (Å²) in [5, 5.41) is 3.00. The van der Waals surface area contributed by atoms with E-state index in [-0.39, 0.29) is 17.5 Å². The number of hydrogen-bond donors (Lipinski definition) is 1. The van der Waals surface area contributed by atoms with E-state index < -0.39 is 0 Å². The first-order valence-electron chi connectivity index (χ1n) is 8.44. The van der Waals surface area contributed by atoms with Gasteiger partial charge in [0.2, 0.25) is 5.91 Å². The Bertz CT molecular complexity index is 575. The van der Waals surface area contributed by atoms with Crippen LogP contribution in [0.1, 0.15) is 37.7 Å². The maximum Gasteiger partial charge on any atom is 0.317 e. The van der Waals surface area contributed by atoms with E-state index in [4.69, 9.17) is 0 Å². The van der Waals surface area contributed by atoms with Crippen LogP contribution in [0, 0.1) is 0 Å². The van der Waals surface area contributed by atoms with Gasteiger partial charge in [-0.15, -0.1) is 0 Å². The fourth-order valence-electron chi connectivity index (χ4n) is 3.79. The third-order valence-corrected chi connectivity index (χ3v) is 5.38. The minimum Gasteiger partial charge on any atom is -0.340 e. The minimum atomic E-state index is -0.0223. The molecule has 3 rings (SSSR count). The van der Waals surface area contributed by atoms with Gasteiger partial charge in [-0.25, -0.2) is 4.79 Å². The molecule has 1 aromatic rings. The van der Waals surface area contributed by atoms with Crippen molar-refractivity contribution in [1.82, 2.24) is 15.1 Å². The number of benzene rings is 1. The molecule has 2 saturated heterocycles. The van der Waals surface area contributed by atoms with Crippen molar-refractivity contribution in [2.24, 2.45) is 0 Å². The van der Waals surface area contributed by atoms with Crippen molar-refractivity contribution in [3.8, 4) is 0 Å². The van der Waals surface area contributed by atoms with Crippen LogP contribution in [0.4, 0.5) is 4.79 Å². The number of carbonyl (C=O) groups excluding carboxylic acids is 2. The standard InChI is InChI=1S/C18H25N3O2/c1-20-16(22)8-10-18(20)9-5-12-21(13-11-18)17(23)19-14-15-6-3-2-4-7-15/h2-4,6-7H,5,8-14H2,1H3,(H,19,23)/t18-/m1/s1. The molecule has 0 saturated carbocycles. The molecular formula is C18H25N3O2. The topological polar surface area (TPSA) is 52.7 Å². The van der Waals surface area contributed by atoms with Gasteiger partial charge in [-0.2, -0.15) is 0 Å². The molecule has 5 heteroatoms. The fraction of sp³-hybridized carbons (Fsp3) is 0.556. The maximum absolute atomic E-state index is 12.4. The first-order valence-corrected chi connectivity index (χ1v) is 8.44. The molecule has 2 aliphatic heterocycles. The van der Waals surface area contributed by atoms with E-state index in [1.54, 1.807) is 0 Å². The largest absolute Gasteiger partial charge is 0.340 e. The normalized spacial score (nSPS) is 24.8. The zero-order valence-corrected chi connectivity index (χ0v) is 13.8. The number of urea groups is 1. The number of hydrogen-bond acceptors (Lipinski definition) is 2. The van der Waals surface area contributed by atoms with Crippen LogP contribution in [0.2, 0.25) is 0 Å². The summed E-state index contributed by atoms with van der Waals surface area (Å²) in [6.45, 7) is 2.04. The molecule has 2 fully saturated rings. The maximum atomic E-state index is 12.4. The number of nitrogens with one attached hydrogen (secondary N) is 1. The van der Waals surface area contributed by atoms with Crippen LogP contribution in [0.25, 0.3) is 0 Å². The second-order valence-corrected chi connectivity index (χ2v) is 6.66. The van der Waals surface area contributed by atoms with Crippen molar-refractivity contribution < 1.29 is 9.59 Å². The van der Waals surface area contributed by atoms with Crippen LogP contribution in [-0.2, 0) is 11.3 Å². The number of nitrogens with zero attached hydrogens (tertiary/aromatic N) is 2. The predicted octanol–water partition coefficient (Wildman–Crippen LogP) is 2.37. The summed E-state index contributed by atoms with van der Waals surface area (Å²) in [6, 6.07) is 9.94. The van der Waals surface area contributed by atoms with E-state index in [0.29, 0.717) is 13.0 Å². The summed E-state index contributed by atoms with van der Waals surface area (Å²) in [4.78, 5) is 28.1. The average Bonchev–Trinajstić information content (AvgIpc) is 2.77. The van der Waals surface area contributed by atoms with Gasteiger partial charge >= 0.3 is 6.03 Å². The fourth-order valence-corrected chi connectivity index (χ4v) is 3.79. The molecule has 1 aromatic carbocycles. The summed E-state index contributed by atoms with van der Waals surface area (Å²) >= 11 is 0. The lowest BCUT2D eigenvalue weighted by atomic mass is 9.88. The number of rotatable bonds is 2. The van der Waals surface area contributed by atoms with Crippen molar-refractivity contribution in [1.29, 1.82) is 0 Å². The first kappa shape index (κ1) is 15.8. The molecule has 23 heavy (non-hydrogen) atoms. The molecule has 0 aliphatic carbocycles. The molecule has 5 nitrogen and oxygen atoms in total. The predicted molar refractivity (Wildman–Crippen MR) is 88.8 cm³/mol. The van der Waals surface area contributed by atoms with Crippen molar-refractivity contribution in [3.05, 3.63) is 35.9 Å². The van der Waals surface area contributed by atoms with Gasteiger partial charge in [0.15, 0.2) is 0 Å². The zero-order chi connectivity index (χ0) is 16.3. The Morgan fingerprint density at radius 1 is 1.17 bits per heavy atom. The summed E-state index contributed by atoms with van der Waals surface area (Å²) in [7, 11) is 1.92. The highest BCUT2D eigenvalue weighted by molar-refractivity contribution is 5.79. The highest BCUT2D eigenvalue weighted by Gasteiger charge is 2.43. The Kier molecular flexibility index (Phi) is 4.55. The number of likely N-dealkylation sites (tertiary alicyclic amines) is 2. The quantitative estimate of drug-likeness (QED) is 0.911. The van der Waals surface area contributed by atoms with Gasteiger partial charge in [0.25, 0.3) is 0 Å². The molecule has 2 aliphatic rings. The van der Waals surface area contributed by atoms with E-state index in [0.717, 1.165) is 44.3 Å². The SMILES string of the molecule is CN1C(=O)CC[C@@]12CCCN(C(=O)NCc1ccccc1)CC2. The van der Waals surface area contributed by atoms with E-state index in [9.17, 15) is 9.59 Å². The van der Waals surface area contributed by atoms with Crippen LogP contribution >= 0.6 is 0 Å². The Morgan fingerprint density at radius 3 is 2.65 bits per heavy atom. The lowest BCUT2D eigenvalue weighted by molar-refractivity contribution is -0.129. The highest BCUT2D eigenvalue weighted by atomic mass is 16.2. The third kappa shape index (κ3) is 3.33. The van der Waals surface area contributed by atoms with E-state index in [1.165, 1.54) is 0 Å². The summed E-state index contributed by atoms with van der Waals surface area (Å²) in [5.74, 6) is 0.243. The van der Waals surface area contributed by atoms with Gasteiger partial charge in [-0.1, -0.05) is 30.3 Å². The second kappa shape index (κ2) is 6.60. The van der Waals surface area contributed by atoms with Gasteiger partial charge in [-0.3, -0.25) is 4.79 Å². The van der Waals surface area contributed by atoms with Crippen molar-refractivity contribution >= 4 is 11.9 Å².